The van der Waals surface area contributed by atoms with Gasteiger partial charge in [0.05, 0.1) is 23.0 Å². The van der Waals surface area contributed by atoms with Crippen molar-refractivity contribution in [1.82, 2.24) is 10.6 Å². The second-order valence-electron chi connectivity index (χ2n) is 7.52. The number of Topliss-reactive ketones (excluding diaryl/α,β-unsaturated/α-hetero) is 1. The summed E-state index contributed by atoms with van der Waals surface area (Å²) in [6.07, 6.45) is 0. The fourth-order valence-electron chi connectivity index (χ4n) is 3.61. The van der Waals surface area contributed by atoms with Crippen LogP contribution in [0.15, 0.2) is 58.3 Å². The lowest BCUT2D eigenvalue weighted by Crippen LogP contribution is -2.38. The summed E-state index contributed by atoms with van der Waals surface area (Å²) in [4.78, 5) is 24.6. The number of anilines is 1. The first kappa shape index (κ1) is 18.1. The van der Waals surface area contributed by atoms with E-state index < -0.39 is 0 Å². The lowest BCUT2D eigenvalue weighted by molar-refractivity contribution is -0.113. The Balaban J connectivity index is 1.66. The van der Waals surface area contributed by atoms with Gasteiger partial charge in [0.1, 0.15) is 17.2 Å². The minimum Gasteiger partial charge on any atom is -0.464 e. The quantitative estimate of drug-likeness (QED) is 0.670. The SMILES string of the molecule is C=C1C(=O)C(Nc2cccc3c2C(=O)NC3)=C1N[C@@H](c1ccc(C)o1)C(C)C. The molecule has 144 valence electrons. The number of furan rings is 1. The van der Waals surface area contributed by atoms with E-state index in [9.17, 15) is 9.59 Å². The maximum atomic E-state index is 12.5. The maximum Gasteiger partial charge on any atom is 0.254 e. The summed E-state index contributed by atoms with van der Waals surface area (Å²) in [5.74, 6) is 1.59. The number of rotatable bonds is 6. The van der Waals surface area contributed by atoms with Crippen LogP contribution in [0.5, 0.6) is 0 Å². The van der Waals surface area contributed by atoms with Gasteiger partial charge in [0.25, 0.3) is 5.91 Å². The lowest BCUT2D eigenvalue weighted by atomic mass is 9.90. The number of benzene rings is 1. The number of aryl methyl sites for hydroxylation is 1. The van der Waals surface area contributed by atoms with Gasteiger partial charge < -0.3 is 20.4 Å². The fraction of sp³-hybridized carbons (Fsp3) is 0.273. The van der Waals surface area contributed by atoms with Crippen molar-refractivity contribution in [2.24, 2.45) is 5.92 Å². The number of carbonyl (C=O) groups is 2. The van der Waals surface area contributed by atoms with Gasteiger partial charge in [-0.15, -0.1) is 0 Å². The molecule has 28 heavy (non-hydrogen) atoms. The molecule has 2 aliphatic rings. The molecule has 4 rings (SSSR count). The average molecular weight is 377 g/mol. The summed E-state index contributed by atoms with van der Waals surface area (Å²) < 4.78 is 5.79. The number of allylic oxidation sites excluding steroid dienone is 2. The van der Waals surface area contributed by atoms with E-state index in [1.54, 1.807) is 6.07 Å². The van der Waals surface area contributed by atoms with Gasteiger partial charge in [-0.2, -0.15) is 0 Å². The summed E-state index contributed by atoms with van der Waals surface area (Å²) in [7, 11) is 0. The fourth-order valence-corrected chi connectivity index (χ4v) is 3.61. The van der Waals surface area contributed by atoms with E-state index in [-0.39, 0.29) is 23.7 Å². The average Bonchev–Trinajstić information content (AvgIpc) is 3.26. The highest BCUT2D eigenvalue weighted by molar-refractivity contribution is 6.21. The summed E-state index contributed by atoms with van der Waals surface area (Å²) in [5, 5.41) is 9.38. The Bertz CT molecular complexity index is 1030. The van der Waals surface area contributed by atoms with Crippen LogP contribution in [-0.4, -0.2) is 11.7 Å². The zero-order chi connectivity index (χ0) is 20.0. The van der Waals surface area contributed by atoms with Crippen molar-refractivity contribution in [3.63, 3.8) is 0 Å². The molecule has 1 aliphatic carbocycles. The molecule has 2 heterocycles. The molecule has 0 saturated carbocycles. The molecule has 0 fully saturated rings. The van der Waals surface area contributed by atoms with Crippen molar-refractivity contribution in [3.05, 3.63) is 76.5 Å². The Kier molecular flexibility index (Phi) is 4.34. The standard InChI is InChI=1S/C22H23N3O3/c1-11(2)18(16-9-8-12(3)28-16)25-19-13(4)21(26)20(19)24-15-7-5-6-14-10-23-22(27)17(14)15/h5-9,11,18,24-25H,4,10H2,1-3H3,(H,23,27)/t18-/m1/s1. The van der Waals surface area contributed by atoms with Crippen LogP contribution in [0.3, 0.4) is 0 Å². The smallest absolute Gasteiger partial charge is 0.254 e. The van der Waals surface area contributed by atoms with Gasteiger partial charge in [-0.3, -0.25) is 9.59 Å². The molecule has 1 aromatic carbocycles. The van der Waals surface area contributed by atoms with E-state index in [4.69, 9.17) is 4.42 Å². The molecule has 1 atom stereocenters. The lowest BCUT2D eigenvalue weighted by Gasteiger charge is -2.31. The first-order chi connectivity index (χ1) is 13.4. The van der Waals surface area contributed by atoms with Gasteiger partial charge in [0, 0.05) is 12.1 Å². The highest BCUT2D eigenvalue weighted by atomic mass is 16.3. The third-order valence-electron chi connectivity index (χ3n) is 5.16. The molecule has 0 saturated heterocycles. The number of ketones is 1. The highest BCUT2D eigenvalue weighted by Crippen LogP contribution is 2.35. The summed E-state index contributed by atoms with van der Waals surface area (Å²) >= 11 is 0. The minimum atomic E-state index is -0.156. The normalized spacial score (nSPS) is 16.8. The minimum absolute atomic E-state index is 0.102. The van der Waals surface area contributed by atoms with E-state index in [1.165, 1.54) is 0 Å². The molecule has 0 radical (unpaired) electrons. The second-order valence-corrected chi connectivity index (χ2v) is 7.52. The van der Waals surface area contributed by atoms with E-state index in [1.807, 2.05) is 31.2 Å². The third-order valence-corrected chi connectivity index (χ3v) is 5.16. The van der Waals surface area contributed by atoms with Crippen molar-refractivity contribution in [1.29, 1.82) is 0 Å². The Morgan fingerprint density at radius 2 is 1.93 bits per heavy atom. The van der Waals surface area contributed by atoms with Crippen molar-refractivity contribution >= 4 is 17.4 Å². The molecule has 3 N–H and O–H groups in total. The molecule has 0 bridgehead atoms. The van der Waals surface area contributed by atoms with Gasteiger partial charge in [0.15, 0.2) is 0 Å². The second kappa shape index (κ2) is 6.71. The highest BCUT2D eigenvalue weighted by Gasteiger charge is 2.36. The van der Waals surface area contributed by atoms with Gasteiger partial charge in [-0.1, -0.05) is 32.6 Å². The predicted octanol–water partition coefficient (Wildman–Crippen LogP) is 3.58. The monoisotopic (exact) mass is 377 g/mol. The summed E-state index contributed by atoms with van der Waals surface area (Å²) in [6.45, 7) is 10.5. The van der Waals surface area contributed by atoms with Crippen LogP contribution in [0, 0.1) is 12.8 Å². The van der Waals surface area contributed by atoms with Crippen molar-refractivity contribution < 1.29 is 14.0 Å². The number of nitrogens with one attached hydrogen (secondary N) is 3. The predicted molar refractivity (Wildman–Crippen MR) is 107 cm³/mol. The van der Waals surface area contributed by atoms with Gasteiger partial charge in [-0.05, 0) is 36.6 Å². The largest absolute Gasteiger partial charge is 0.464 e. The number of hydrogen-bond acceptors (Lipinski definition) is 5. The summed E-state index contributed by atoms with van der Waals surface area (Å²) in [6, 6.07) is 9.34. The molecular weight excluding hydrogens is 354 g/mol. The molecule has 0 unspecified atom stereocenters. The maximum absolute atomic E-state index is 12.5. The summed E-state index contributed by atoms with van der Waals surface area (Å²) in [5.41, 5.74) is 3.63. The van der Waals surface area contributed by atoms with Crippen LogP contribution in [0.25, 0.3) is 0 Å². The molecule has 1 amide bonds. The van der Waals surface area contributed by atoms with Gasteiger partial charge in [-0.25, -0.2) is 0 Å². The van der Waals surface area contributed by atoms with Gasteiger partial charge in [0.2, 0.25) is 5.78 Å². The molecule has 2 aromatic rings. The first-order valence-corrected chi connectivity index (χ1v) is 9.35. The Morgan fingerprint density at radius 3 is 2.61 bits per heavy atom. The van der Waals surface area contributed by atoms with E-state index in [2.05, 4.69) is 36.4 Å². The van der Waals surface area contributed by atoms with Crippen molar-refractivity contribution in [2.75, 3.05) is 5.32 Å². The van der Waals surface area contributed by atoms with Crippen molar-refractivity contribution in [3.8, 4) is 0 Å². The van der Waals surface area contributed by atoms with Crippen LogP contribution in [-0.2, 0) is 11.3 Å². The number of carbonyl (C=O) groups excluding carboxylic acids is 2. The Morgan fingerprint density at radius 1 is 1.14 bits per heavy atom. The number of amides is 1. The van der Waals surface area contributed by atoms with Crippen LogP contribution in [0.1, 0.15) is 47.3 Å². The van der Waals surface area contributed by atoms with E-state index in [0.29, 0.717) is 34.8 Å². The molecule has 1 aromatic heterocycles. The molecular formula is C22H23N3O3. The topological polar surface area (TPSA) is 83.4 Å². The van der Waals surface area contributed by atoms with Crippen LogP contribution in [0.4, 0.5) is 5.69 Å². The van der Waals surface area contributed by atoms with Gasteiger partial charge >= 0.3 is 0 Å². The molecule has 0 spiro atoms. The molecule has 1 aliphatic heterocycles. The Hall–Kier alpha value is -3.28. The zero-order valence-corrected chi connectivity index (χ0v) is 16.2. The molecule has 6 nitrogen and oxygen atoms in total. The van der Waals surface area contributed by atoms with Crippen LogP contribution in [0.2, 0.25) is 0 Å². The van der Waals surface area contributed by atoms with E-state index >= 15 is 0 Å². The zero-order valence-electron chi connectivity index (χ0n) is 16.2. The van der Waals surface area contributed by atoms with Crippen LogP contribution < -0.4 is 16.0 Å². The first-order valence-electron chi connectivity index (χ1n) is 9.35. The Labute approximate surface area is 163 Å². The third kappa shape index (κ3) is 2.91. The van der Waals surface area contributed by atoms with Crippen LogP contribution >= 0.6 is 0 Å². The number of fused-ring (bicyclic) bond motifs is 1. The number of hydrogen-bond donors (Lipinski definition) is 3. The van der Waals surface area contributed by atoms with Crippen molar-refractivity contribution in [2.45, 2.75) is 33.4 Å². The van der Waals surface area contributed by atoms with E-state index in [0.717, 1.165) is 17.1 Å². The molecule has 6 heteroatoms.